The van der Waals surface area contributed by atoms with Gasteiger partial charge in [0, 0.05) is 6.54 Å². The molecule has 21 heavy (non-hydrogen) atoms. The van der Waals surface area contributed by atoms with Crippen LogP contribution in [0.4, 0.5) is 18.9 Å². The van der Waals surface area contributed by atoms with E-state index in [1.165, 1.54) is 17.0 Å². The van der Waals surface area contributed by atoms with Crippen LogP contribution in [0.15, 0.2) is 18.2 Å². The summed E-state index contributed by atoms with van der Waals surface area (Å²) >= 11 is 0. The third-order valence-electron chi connectivity index (χ3n) is 3.59. The van der Waals surface area contributed by atoms with Crippen LogP contribution in [0.3, 0.4) is 0 Å². The molecule has 0 aromatic heterocycles. The standard InChI is InChI=1S/C13H16F3N3O2/c14-13(15,16)10-5-1-4-9(11(10)18-17)12(21)19-6-2-3-8(19)7-20/h1,4-5,8,18,20H,2-3,6-7,17H2. The number of nitrogens with one attached hydrogen (secondary N) is 1. The van der Waals surface area contributed by atoms with Gasteiger partial charge in [-0.2, -0.15) is 13.2 Å². The molecule has 4 N–H and O–H groups in total. The van der Waals surface area contributed by atoms with E-state index in [4.69, 9.17) is 5.84 Å². The van der Waals surface area contributed by atoms with Crippen LogP contribution in [-0.2, 0) is 6.18 Å². The van der Waals surface area contributed by atoms with Gasteiger partial charge >= 0.3 is 6.18 Å². The molecule has 116 valence electrons. The first-order valence-electron chi connectivity index (χ1n) is 6.48. The first-order chi connectivity index (χ1) is 9.90. The summed E-state index contributed by atoms with van der Waals surface area (Å²) in [5.74, 6) is 4.62. The van der Waals surface area contributed by atoms with Crippen LogP contribution in [0.25, 0.3) is 0 Å². The molecule has 0 radical (unpaired) electrons. The summed E-state index contributed by atoms with van der Waals surface area (Å²) in [4.78, 5) is 13.8. The number of hydrogen-bond donors (Lipinski definition) is 3. The van der Waals surface area contributed by atoms with Crippen LogP contribution in [0.1, 0.15) is 28.8 Å². The number of carbonyl (C=O) groups is 1. The molecule has 1 aromatic rings. The normalized spacial score (nSPS) is 18.9. The first kappa shape index (κ1) is 15.6. The fourth-order valence-electron chi connectivity index (χ4n) is 2.57. The van der Waals surface area contributed by atoms with Crippen LogP contribution in [0.5, 0.6) is 0 Å². The molecule has 0 bridgehead atoms. The number of benzene rings is 1. The van der Waals surface area contributed by atoms with Crippen LogP contribution in [-0.4, -0.2) is 35.1 Å². The Morgan fingerprint density at radius 3 is 2.76 bits per heavy atom. The summed E-state index contributed by atoms with van der Waals surface area (Å²) in [6.07, 6.45) is -3.27. The average molecular weight is 303 g/mol. The Morgan fingerprint density at radius 1 is 1.48 bits per heavy atom. The number of halogens is 3. The summed E-state index contributed by atoms with van der Waals surface area (Å²) in [6.45, 7) is 0.195. The minimum absolute atomic E-state index is 0.146. The second kappa shape index (κ2) is 5.90. The SMILES string of the molecule is NNc1c(C(=O)N2CCCC2CO)cccc1C(F)(F)F. The van der Waals surface area contributed by atoms with Crippen molar-refractivity contribution in [2.45, 2.75) is 25.1 Å². The monoisotopic (exact) mass is 303 g/mol. The molecular weight excluding hydrogens is 287 g/mol. The lowest BCUT2D eigenvalue weighted by Gasteiger charge is -2.25. The lowest BCUT2D eigenvalue weighted by molar-refractivity contribution is -0.137. The largest absolute Gasteiger partial charge is 0.418 e. The second-order valence-electron chi connectivity index (χ2n) is 4.85. The van der Waals surface area contributed by atoms with E-state index in [1.807, 2.05) is 5.43 Å². The van der Waals surface area contributed by atoms with Gasteiger partial charge in [-0.15, -0.1) is 0 Å². The van der Waals surface area contributed by atoms with Crippen molar-refractivity contribution in [1.29, 1.82) is 0 Å². The van der Waals surface area contributed by atoms with Gasteiger partial charge in [0.2, 0.25) is 0 Å². The Bertz CT molecular complexity index is 534. The maximum absolute atomic E-state index is 12.9. The molecule has 2 rings (SSSR count). The van der Waals surface area contributed by atoms with E-state index >= 15 is 0 Å². The minimum Gasteiger partial charge on any atom is -0.394 e. The number of amides is 1. The van der Waals surface area contributed by atoms with Gasteiger partial charge in [-0.1, -0.05) is 6.07 Å². The zero-order valence-corrected chi connectivity index (χ0v) is 11.2. The van der Waals surface area contributed by atoms with E-state index in [0.717, 1.165) is 6.07 Å². The van der Waals surface area contributed by atoms with Crippen LogP contribution in [0, 0.1) is 0 Å². The summed E-state index contributed by atoms with van der Waals surface area (Å²) < 4.78 is 38.8. The molecule has 5 nitrogen and oxygen atoms in total. The van der Waals surface area contributed by atoms with E-state index in [1.54, 1.807) is 0 Å². The highest BCUT2D eigenvalue weighted by Gasteiger charge is 2.37. The van der Waals surface area contributed by atoms with Crippen molar-refractivity contribution in [2.75, 3.05) is 18.6 Å². The van der Waals surface area contributed by atoms with Crippen molar-refractivity contribution in [3.8, 4) is 0 Å². The summed E-state index contributed by atoms with van der Waals surface area (Å²) in [5.41, 5.74) is 0.396. The number of para-hydroxylation sites is 1. The van der Waals surface area contributed by atoms with Crippen LogP contribution >= 0.6 is 0 Å². The molecule has 0 saturated carbocycles. The molecule has 1 aliphatic rings. The van der Waals surface area contributed by atoms with Gasteiger partial charge in [-0.25, -0.2) is 0 Å². The summed E-state index contributed by atoms with van der Waals surface area (Å²) in [5, 5.41) is 9.23. The van der Waals surface area contributed by atoms with E-state index in [-0.39, 0.29) is 18.2 Å². The average Bonchev–Trinajstić information content (AvgIpc) is 2.93. The quantitative estimate of drug-likeness (QED) is 0.585. The zero-order valence-electron chi connectivity index (χ0n) is 11.2. The maximum Gasteiger partial charge on any atom is 0.418 e. The van der Waals surface area contributed by atoms with Crippen molar-refractivity contribution < 1.29 is 23.1 Å². The Labute approximate surface area is 119 Å². The van der Waals surface area contributed by atoms with E-state index in [2.05, 4.69) is 0 Å². The van der Waals surface area contributed by atoms with Crippen LogP contribution < -0.4 is 11.3 Å². The zero-order chi connectivity index (χ0) is 15.6. The van der Waals surface area contributed by atoms with E-state index < -0.39 is 23.3 Å². The summed E-state index contributed by atoms with van der Waals surface area (Å²) in [6, 6.07) is 2.96. The molecule has 0 spiro atoms. The molecule has 1 heterocycles. The first-order valence-corrected chi connectivity index (χ1v) is 6.48. The van der Waals surface area contributed by atoms with Gasteiger partial charge in [0.25, 0.3) is 5.91 Å². The molecule has 1 atom stereocenters. The molecule has 1 amide bonds. The van der Waals surface area contributed by atoms with Crippen molar-refractivity contribution in [3.05, 3.63) is 29.3 Å². The van der Waals surface area contributed by atoms with Crippen molar-refractivity contribution in [3.63, 3.8) is 0 Å². The van der Waals surface area contributed by atoms with Gasteiger partial charge in [-0.05, 0) is 25.0 Å². The number of rotatable bonds is 3. The molecule has 1 aromatic carbocycles. The smallest absolute Gasteiger partial charge is 0.394 e. The minimum atomic E-state index is -4.61. The molecule has 1 unspecified atom stereocenters. The Kier molecular flexibility index (Phi) is 4.38. The lowest BCUT2D eigenvalue weighted by Crippen LogP contribution is -2.38. The third kappa shape index (κ3) is 2.96. The van der Waals surface area contributed by atoms with Crippen molar-refractivity contribution in [1.82, 2.24) is 4.90 Å². The maximum atomic E-state index is 12.9. The molecule has 1 saturated heterocycles. The fourth-order valence-corrected chi connectivity index (χ4v) is 2.57. The molecule has 1 fully saturated rings. The predicted molar refractivity (Wildman–Crippen MR) is 70.4 cm³/mol. The molecule has 8 heteroatoms. The van der Waals surface area contributed by atoms with E-state index in [0.29, 0.717) is 19.4 Å². The summed E-state index contributed by atoms with van der Waals surface area (Å²) in [7, 11) is 0. The predicted octanol–water partition coefficient (Wildman–Crippen LogP) is 1.59. The van der Waals surface area contributed by atoms with Crippen molar-refractivity contribution >= 4 is 11.6 Å². The highest BCUT2D eigenvalue weighted by molar-refractivity contribution is 6.00. The van der Waals surface area contributed by atoms with Gasteiger partial charge in [-0.3, -0.25) is 10.6 Å². The highest BCUT2D eigenvalue weighted by Crippen LogP contribution is 2.37. The van der Waals surface area contributed by atoms with Gasteiger partial charge in [0.05, 0.1) is 29.5 Å². The van der Waals surface area contributed by atoms with E-state index in [9.17, 15) is 23.1 Å². The molecular formula is C13H16F3N3O2. The number of nitrogen functional groups attached to an aromatic ring is 1. The number of aliphatic hydroxyl groups excluding tert-OH is 1. The number of likely N-dealkylation sites (tertiary alicyclic amines) is 1. The number of hydrazine groups is 1. The van der Waals surface area contributed by atoms with Crippen molar-refractivity contribution in [2.24, 2.45) is 5.84 Å². The fraction of sp³-hybridized carbons (Fsp3) is 0.462. The Hall–Kier alpha value is -1.80. The number of aliphatic hydroxyl groups is 1. The highest BCUT2D eigenvalue weighted by atomic mass is 19.4. The Balaban J connectivity index is 2.42. The Morgan fingerprint density at radius 2 is 2.19 bits per heavy atom. The third-order valence-corrected chi connectivity index (χ3v) is 3.59. The van der Waals surface area contributed by atoms with Gasteiger partial charge < -0.3 is 15.4 Å². The van der Waals surface area contributed by atoms with Gasteiger partial charge in [0.1, 0.15) is 0 Å². The molecule has 0 aliphatic carbocycles. The van der Waals surface area contributed by atoms with Gasteiger partial charge in [0.15, 0.2) is 0 Å². The number of nitrogens with two attached hydrogens (primary N) is 1. The number of nitrogens with zero attached hydrogens (tertiary/aromatic N) is 1. The molecule has 1 aliphatic heterocycles. The van der Waals surface area contributed by atoms with Crippen LogP contribution in [0.2, 0.25) is 0 Å². The lowest BCUT2D eigenvalue weighted by atomic mass is 10.1. The number of carbonyl (C=O) groups excluding carboxylic acids is 1. The second-order valence-corrected chi connectivity index (χ2v) is 4.85. The number of hydrogen-bond acceptors (Lipinski definition) is 4. The number of alkyl halides is 3. The number of anilines is 1. The topological polar surface area (TPSA) is 78.6 Å².